The number of piperidine rings is 1. The molecule has 96 valence electrons. The van der Waals surface area contributed by atoms with Gasteiger partial charge < -0.3 is 16.0 Å². The van der Waals surface area contributed by atoms with Crippen molar-refractivity contribution in [2.24, 2.45) is 5.92 Å². The van der Waals surface area contributed by atoms with Crippen molar-refractivity contribution >= 4 is 11.4 Å². The van der Waals surface area contributed by atoms with Gasteiger partial charge in [0.05, 0.1) is 11.3 Å². The molecule has 1 fully saturated rings. The van der Waals surface area contributed by atoms with E-state index < -0.39 is 0 Å². The lowest BCUT2D eigenvalue weighted by molar-refractivity contribution is 0.206. The van der Waals surface area contributed by atoms with E-state index >= 15 is 0 Å². The van der Waals surface area contributed by atoms with E-state index in [9.17, 15) is 0 Å². The number of likely N-dealkylation sites (tertiary alicyclic amines) is 1. The molecule has 2 unspecified atom stereocenters. The number of rotatable bonds is 2. The Morgan fingerprint density at radius 2 is 2.28 bits per heavy atom. The van der Waals surface area contributed by atoms with Gasteiger partial charge in [-0.1, -0.05) is 6.92 Å². The van der Waals surface area contributed by atoms with Crippen LogP contribution < -0.4 is 11.1 Å². The summed E-state index contributed by atoms with van der Waals surface area (Å²) >= 11 is 0. The van der Waals surface area contributed by atoms with Gasteiger partial charge in [-0.3, -0.25) is 0 Å². The molecule has 18 heavy (non-hydrogen) atoms. The summed E-state index contributed by atoms with van der Waals surface area (Å²) in [5.74, 6) is 0.577. The normalized spacial score (nSPS) is 24.5. The molecule has 0 saturated carbocycles. The second kappa shape index (κ2) is 5.28. The lowest BCUT2D eigenvalue weighted by Crippen LogP contribution is -2.43. The fourth-order valence-electron chi connectivity index (χ4n) is 2.55. The molecule has 0 amide bonds. The third-order valence-corrected chi connectivity index (χ3v) is 3.61. The van der Waals surface area contributed by atoms with Gasteiger partial charge >= 0.3 is 0 Å². The fourth-order valence-corrected chi connectivity index (χ4v) is 2.55. The Bertz CT molecular complexity index is 463. The van der Waals surface area contributed by atoms with Crippen LogP contribution in [0.5, 0.6) is 0 Å². The molecular weight excluding hydrogens is 224 g/mol. The van der Waals surface area contributed by atoms with Crippen molar-refractivity contribution in [3.8, 4) is 6.07 Å². The predicted octanol–water partition coefficient (Wildman–Crippen LogP) is 1.89. The molecule has 3 N–H and O–H groups in total. The first-order chi connectivity index (χ1) is 8.60. The van der Waals surface area contributed by atoms with Crippen LogP contribution in [0.3, 0.4) is 0 Å². The number of nitrogens with one attached hydrogen (secondary N) is 1. The number of hydrogen-bond acceptors (Lipinski definition) is 4. The molecule has 0 radical (unpaired) electrons. The predicted molar refractivity (Wildman–Crippen MR) is 74.3 cm³/mol. The third-order valence-electron chi connectivity index (χ3n) is 3.61. The van der Waals surface area contributed by atoms with E-state index in [2.05, 4.69) is 30.3 Å². The summed E-state index contributed by atoms with van der Waals surface area (Å²) in [7, 11) is 2.15. The summed E-state index contributed by atoms with van der Waals surface area (Å²) < 4.78 is 0. The molecule has 4 nitrogen and oxygen atoms in total. The second-order valence-electron chi connectivity index (χ2n) is 5.20. The van der Waals surface area contributed by atoms with Crippen LogP contribution in [0.1, 0.15) is 18.9 Å². The summed E-state index contributed by atoms with van der Waals surface area (Å²) in [6, 6.07) is 8.09. The van der Waals surface area contributed by atoms with Crippen LogP contribution in [0.25, 0.3) is 0 Å². The Morgan fingerprint density at radius 1 is 1.50 bits per heavy atom. The maximum absolute atomic E-state index is 9.13. The van der Waals surface area contributed by atoms with E-state index in [-0.39, 0.29) is 0 Å². The first kappa shape index (κ1) is 12.7. The van der Waals surface area contributed by atoms with E-state index in [0.29, 0.717) is 23.2 Å². The molecule has 1 aliphatic rings. The first-order valence-electron chi connectivity index (χ1n) is 6.35. The van der Waals surface area contributed by atoms with Gasteiger partial charge in [-0.15, -0.1) is 0 Å². The van der Waals surface area contributed by atoms with Crippen LogP contribution in [-0.4, -0.2) is 31.1 Å². The van der Waals surface area contributed by atoms with Gasteiger partial charge in [0.1, 0.15) is 6.07 Å². The molecule has 1 aromatic rings. The number of anilines is 2. The topological polar surface area (TPSA) is 65.1 Å². The summed E-state index contributed by atoms with van der Waals surface area (Å²) in [4.78, 5) is 2.34. The molecule has 0 bridgehead atoms. The standard InChI is InChI=1S/C14H20N4/c1-10-9-18(2)6-5-13(10)17-14-4-3-12(16)7-11(14)8-15/h3-4,7,10,13,17H,5-6,9,16H2,1-2H3. The minimum atomic E-state index is 0.428. The Hall–Kier alpha value is -1.73. The van der Waals surface area contributed by atoms with Crippen LogP contribution in [0.2, 0.25) is 0 Å². The van der Waals surface area contributed by atoms with Crippen molar-refractivity contribution in [1.29, 1.82) is 5.26 Å². The highest BCUT2D eigenvalue weighted by atomic mass is 15.1. The molecule has 1 aromatic carbocycles. The number of benzene rings is 1. The molecule has 0 spiro atoms. The number of nitriles is 1. The Kier molecular flexibility index (Phi) is 3.73. The van der Waals surface area contributed by atoms with Gasteiger partial charge in [0, 0.05) is 18.3 Å². The third kappa shape index (κ3) is 2.74. The van der Waals surface area contributed by atoms with Gasteiger partial charge in [-0.2, -0.15) is 5.26 Å². The molecule has 1 saturated heterocycles. The Morgan fingerprint density at radius 3 is 2.94 bits per heavy atom. The van der Waals surface area contributed by atoms with Crippen molar-refractivity contribution in [2.45, 2.75) is 19.4 Å². The molecule has 1 heterocycles. The molecule has 2 atom stereocenters. The second-order valence-corrected chi connectivity index (χ2v) is 5.20. The Balaban J connectivity index is 2.12. The zero-order valence-corrected chi connectivity index (χ0v) is 11.0. The maximum atomic E-state index is 9.13. The van der Waals surface area contributed by atoms with Gasteiger partial charge in [0.15, 0.2) is 0 Å². The van der Waals surface area contributed by atoms with Crippen LogP contribution >= 0.6 is 0 Å². The van der Waals surface area contributed by atoms with Gasteiger partial charge in [0.2, 0.25) is 0 Å². The largest absolute Gasteiger partial charge is 0.399 e. The summed E-state index contributed by atoms with van der Waals surface area (Å²) in [5.41, 5.74) is 7.85. The number of nitrogens with zero attached hydrogens (tertiary/aromatic N) is 2. The molecule has 2 rings (SSSR count). The van der Waals surface area contributed by atoms with E-state index in [4.69, 9.17) is 11.0 Å². The lowest BCUT2D eigenvalue weighted by atomic mass is 9.93. The highest BCUT2D eigenvalue weighted by Crippen LogP contribution is 2.24. The monoisotopic (exact) mass is 244 g/mol. The van der Waals surface area contributed by atoms with Crippen LogP contribution in [-0.2, 0) is 0 Å². The average molecular weight is 244 g/mol. The molecule has 1 aliphatic heterocycles. The average Bonchev–Trinajstić information content (AvgIpc) is 2.34. The lowest BCUT2D eigenvalue weighted by Gasteiger charge is -2.36. The SMILES string of the molecule is CC1CN(C)CCC1Nc1ccc(N)cc1C#N. The highest BCUT2D eigenvalue weighted by molar-refractivity contribution is 5.63. The minimum absolute atomic E-state index is 0.428. The van der Waals surface area contributed by atoms with Crippen LogP contribution in [0.4, 0.5) is 11.4 Å². The van der Waals surface area contributed by atoms with E-state index in [0.717, 1.165) is 25.2 Å². The quantitative estimate of drug-likeness (QED) is 0.780. The highest BCUT2D eigenvalue weighted by Gasteiger charge is 2.24. The smallest absolute Gasteiger partial charge is 0.101 e. The Labute approximate surface area is 108 Å². The zero-order chi connectivity index (χ0) is 13.1. The van der Waals surface area contributed by atoms with Crippen molar-refractivity contribution in [3.05, 3.63) is 23.8 Å². The van der Waals surface area contributed by atoms with Gasteiger partial charge in [0.25, 0.3) is 0 Å². The summed E-state index contributed by atoms with van der Waals surface area (Å²) in [6.45, 7) is 4.43. The van der Waals surface area contributed by atoms with E-state index in [1.54, 1.807) is 6.07 Å². The fraction of sp³-hybridized carbons (Fsp3) is 0.500. The van der Waals surface area contributed by atoms with E-state index in [1.807, 2.05) is 12.1 Å². The molecule has 0 aromatic heterocycles. The van der Waals surface area contributed by atoms with Gasteiger partial charge in [-0.05, 0) is 44.1 Å². The molecule has 4 heteroatoms. The maximum Gasteiger partial charge on any atom is 0.101 e. The van der Waals surface area contributed by atoms with E-state index in [1.165, 1.54) is 0 Å². The molecular formula is C14H20N4. The van der Waals surface area contributed by atoms with Crippen molar-refractivity contribution < 1.29 is 0 Å². The molecule has 0 aliphatic carbocycles. The van der Waals surface area contributed by atoms with Crippen LogP contribution in [0.15, 0.2) is 18.2 Å². The number of nitrogens with two attached hydrogens (primary N) is 1. The summed E-state index contributed by atoms with van der Waals surface area (Å²) in [5, 5.41) is 12.6. The van der Waals surface area contributed by atoms with Crippen LogP contribution in [0, 0.1) is 17.2 Å². The number of hydrogen-bond donors (Lipinski definition) is 2. The summed E-state index contributed by atoms with van der Waals surface area (Å²) in [6.07, 6.45) is 1.10. The number of nitrogen functional groups attached to an aromatic ring is 1. The minimum Gasteiger partial charge on any atom is -0.399 e. The van der Waals surface area contributed by atoms with Gasteiger partial charge in [-0.25, -0.2) is 0 Å². The first-order valence-corrected chi connectivity index (χ1v) is 6.35. The van der Waals surface area contributed by atoms with Crippen molar-refractivity contribution in [2.75, 3.05) is 31.2 Å². The zero-order valence-electron chi connectivity index (χ0n) is 11.0. The van der Waals surface area contributed by atoms with Crippen molar-refractivity contribution in [3.63, 3.8) is 0 Å². The van der Waals surface area contributed by atoms with Crippen molar-refractivity contribution in [1.82, 2.24) is 4.90 Å².